The number of carbonyl (C=O) groups is 1. The highest BCUT2D eigenvalue weighted by Gasteiger charge is 2.13. The first kappa shape index (κ1) is 21.9. The number of amides is 1. The van der Waals surface area contributed by atoms with Crippen LogP contribution in [0.3, 0.4) is 0 Å². The second-order valence-electron chi connectivity index (χ2n) is 7.13. The molecule has 8 nitrogen and oxygen atoms in total. The molecule has 0 bridgehead atoms. The van der Waals surface area contributed by atoms with Crippen LogP contribution in [0.2, 0.25) is 0 Å². The fourth-order valence-electron chi connectivity index (χ4n) is 3.22. The van der Waals surface area contributed by atoms with Gasteiger partial charge in [-0.25, -0.2) is 9.97 Å². The molecule has 0 saturated heterocycles. The van der Waals surface area contributed by atoms with Crippen LogP contribution in [0.1, 0.15) is 5.56 Å². The average Bonchev–Trinajstić information content (AvgIpc) is 2.84. The van der Waals surface area contributed by atoms with Crippen LogP contribution in [-0.2, 0) is 4.79 Å². The molecule has 1 aromatic heterocycles. The molecule has 0 aliphatic carbocycles. The Morgan fingerprint density at radius 1 is 0.909 bits per heavy atom. The number of para-hydroxylation sites is 1. The van der Waals surface area contributed by atoms with Crippen molar-refractivity contribution in [2.45, 2.75) is 6.92 Å². The predicted molar refractivity (Wildman–Crippen MR) is 124 cm³/mol. The second kappa shape index (κ2) is 9.86. The molecule has 8 heteroatoms. The van der Waals surface area contributed by atoms with E-state index in [1.54, 1.807) is 50.6 Å². The Morgan fingerprint density at radius 2 is 1.64 bits per heavy atom. The Morgan fingerprint density at radius 3 is 2.36 bits per heavy atom. The zero-order valence-electron chi connectivity index (χ0n) is 18.5. The monoisotopic (exact) mass is 445 g/mol. The van der Waals surface area contributed by atoms with Gasteiger partial charge in [0.15, 0.2) is 18.1 Å². The number of aryl methyl sites for hydroxylation is 1. The molecule has 0 saturated carbocycles. The molecule has 1 amide bonds. The number of aromatic nitrogens is 2. The third-order valence-corrected chi connectivity index (χ3v) is 4.91. The van der Waals surface area contributed by atoms with Gasteiger partial charge in [0.2, 0.25) is 5.88 Å². The molecule has 0 fully saturated rings. The molecular formula is C25H23N3O5. The molecule has 0 unspecified atom stereocenters. The van der Waals surface area contributed by atoms with E-state index in [4.69, 9.17) is 18.9 Å². The van der Waals surface area contributed by atoms with Gasteiger partial charge in [0.1, 0.15) is 17.8 Å². The molecule has 0 atom stereocenters. The van der Waals surface area contributed by atoms with Crippen molar-refractivity contribution >= 4 is 22.5 Å². The standard InChI is InChI=1S/C25H23N3O5/c1-16-6-4-5-7-21(16)32-14-24(29)28-17-8-10-18(11-9-17)33-25-19-12-22(30-2)23(31-3)13-20(19)26-15-27-25/h4-13,15H,14H2,1-3H3,(H,28,29). The Hall–Kier alpha value is -4.33. The molecule has 0 aliphatic rings. The molecule has 0 radical (unpaired) electrons. The highest BCUT2D eigenvalue weighted by atomic mass is 16.5. The third kappa shape index (κ3) is 5.12. The first-order chi connectivity index (χ1) is 16.1. The summed E-state index contributed by atoms with van der Waals surface area (Å²) in [6, 6.07) is 18.1. The predicted octanol–water partition coefficient (Wildman–Crippen LogP) is 4.77. The molecule has 33 heavy (non-hydrogen) atoms. The van der Waals surface area contributed by atoms with E-state index in [-0.39, 0.29) is 12.5 Å². The van der Waals surface area contributed by atoms with Gasteiger partial charge in [0.05, 0.1) is 25.1 Å². The quantitative estimate of drug-likeness (QED) is 0.418. The van der Waals surface area contributed by atoms with E-state index < -0.39 is 0 Å². The van der Waals surface area contributed by atoms with Crippen molar-refractivity contribution in [3.8, 4) is 28.9 Å². The maximum atomic E-state index is 12.2. The maximum absolute atomic E-state index is 12.2. The Kier molecular flexibility index (Phi) is 6.54. The minimum atomic E-state index is -0.255. The van der Waals surface area contributed by atoms with Crippen LogP contribution in [0.5, 0.6) is 28.9 Å². The molecule has 0 aliphatic heterocycles. The zero-order valence-corrected chi connectivity index (χ0v) is 18.5. The maximum Gasteiger partial charge on any atom is 0.262 e. The fourth-order valence-corrected chi connectivity index (χ4v) is 3.22. The number of ether oxygens (including phenoxy) is 4. The summed E-state index contributed by atoms with van der Waals surface area (Å²) in [5.74, 6) is 2.48. The lowest BCUT2D eigenvalue weighted by molar-refractivity contribution is -0.118. The molecule has 1 N–H and O–H groups in total. The van der Waals surface area contributed by atoms with Crippen molar-refractivity contribution in [3.05, 3.63) is 72.6 Å². The second-order valence-corrected chi connectivity index (χ2v) is 7.13. The van der Waals surface area contributed by atoms with Crippen LogP contribution in [0.15, 0.2) is 67.0 Å². The van der Waals surface area contributed by atoms with Gasteiger partial charge in [-0.15, -0.1) is 0 Å². The van der Waals surface area contributed by atoms with Gasteiger partial charge >= 0.3 is 0 Å². The van der Waals surface area contributed by atoms with Gasteiger partial charge in [0, 0.05) is 11.8 Å². The van der Waals surface area contributed by atoms with Gasteiger partial charge in [-0.2, -0.15) is 0 Å². The van der Waals surface area contributed by atoms with Crippen LogP contribution >= 0.6 is 0 Å². The lowest BCUT2D eigenvalue weighted by Gasteiger charge is -2.12. The molecule has 3 aromatic carbocycles. The van der Waals surface area contributed by atoms with E-state index in [1.165, 1.54) is 6.33 Å². The normalized spacial score (nSPS) is 10.5. The minimum Gasteiger partial charge on any atom is -0.493 e. The topological polar surface area (TPSA) is 91.8 Å². The fraction of sp³-hybridized carbons (Fsp3) is 0.160. The molecule has 4 aromatic rings. The summed E-state index contributed by atoms with van der Waals surface area (Å²) in [5, 5.41) is 3.49. The number of anilines is 1. The van der Waals surface area contributed by atoms with Crippen molar-refractivity contribution in [3.63, 3.8) is 0 Å². The number of carbonyl (C=O) groups excluding carboxylic acids is 1. The van der Waals surface area contributed by atoms with Crippen LogP contribution in [0.25, 0.3) is 10.9 Å². The number of nitrogens with zero attached hydrogens (tertiary/aromatic N) is 2. The number of methoxy groups -OCH3 is 2. The van der Waals surface area contributed by atoms with Gasteiger partial charge in [0.25, 0.3) is 5.91 Å². The summed E-state index contributed by atoms with van der Waals surface area (Å²) in [4.78, 5) is 20.7. The van der Waals surface area contributed by atoms with E-state index in [2.05, 4.69) is 15.3 Å². The van der Waals surface area contributed by atoms with Crippen molar-refractivity contribution in [1.82, 2.24) is 9.97 Å². The molecule has 0 spiro atoms. The lowest BCUT2D eigenvalue weighted by atomic mass is 10.2. The number of hydrogen-bond donors (Lipinski definition) is 1. The summed E-state index contributed by atoms with van der Waals surface area (Å²) in [7, 11) is 3.13. The number of fused-ring (bicyclic) bond motifs is 1. The summed E-state index contributed by atoms with van der Waals surface area (Å²) in [5.41, 5.74) is 2.26. The summed E-state index contributed by atoms with van der Waals surface area (Å²) in [6.07, 6.45) is 1.42. The molecule has 4 rings (SSSR count). The van der Waals surface area contributed by atoms with E-state index >= 15 is 0 Å². The largest absolute Gasteiger partial charge is 0.493 e. The van der Waals surface area contributed by atoms with E-state index in [1.807, 2.05) is 31.2 Å². The zero-order chi connectivity index (χ0) is 23.2. The lowest BCUT2D eigenvalue weighted by Crippen LogP contribution is -2.20. The van der Waals surface area contributed by atoms with E-state index in [9.17, 15) is 4.79 Å². The summed E-state index contributed by atoms with van der Waals surface area (Å²) >= 11 is 0. The first-order valence-corrected chi connectivity index (χ1v) is 10.2. The van der Waals surface area contributed by atoms with Crippen LogP contribution in [0, 0.1) is 6.92 Å². The minimum absolute atomic E-state index is 0.0820. The smallest absolute Gasteiger partial charge is 0.262 e. The van der Waals surface area contributed by atoms with Crippen LogP contribution < -0.4 is 24.3 Å². The van der Waals surface area contributed by atoms with E-state index in [0.29, 0.717) is 45.5 Å². The highest BCUT2D eigenvalue weighted by molar-refractivity contribution is 5.92. The van der Waals surface area contributed by atoms with Crippen molar-refractivity contribution in [1.29, 1.82) is 0 Å². The summed E-state index contributed by atoms with van der Waals surface area (Å²) in [6.45, 7) is 1.85. The van der Waals surface area contributed by atoms with Crippen molar-refractivity contribution in [2.75, 3.05) is 26.1 Å². The molecular weight excluding hydrogens is 422 g/mol. The SMILES string of the molecule is COc1cc2ncnc(Oc3ccc(NC(=O)COc4ccccc4C)cc3)c2cc1OC. The Bertz CT molecular complexity index is 1280. The highest BCUT2D eigenvalue weighted by Crippen LogP contribution is 2.35. The van der Waals surface area contributed by atoms with Crippen molar-refractivity contribution < 1.29 is 23.7 Å². The number of nitrogens with one attached hydrogen (secondary N) is 1. The molecule has 168 valence electrons. The van der Waals surface area contributed by atoms with Gasteiger partial charge in [-0.3, -0.25) is 4.79 Å². The number of hydrogen-bond acceptors (Lipinski definition) is 7. The summed E-state index contributed by atoms with van der Waals surface area (Å²) < 4.78 is 22.2. The first-order valence-electron chi connectivity index (χ1n) is 10.2. The average molecular weight is 445 g/mol. The van der Waals surface area contributed by atoms with E-state index in [0.717, 1.165) is 5.56 Å². The van der Waals surface area contributed by atoms with Crippen molar-refractivity contribution in [2.24, 2.45) is 0 Å². The van der Waals surface area contributed by atoms with Gasteiger partial charge in [-0.05, 0) is 48.9 Å². The van der Waals surface area contributed by atoms with Gasteiger partial charge in [-0.1, -0.05) is 18.2 Å². The Balaban J connectivity index is 1.43. The van der Waals surface area contributed by atoms with Crippen LogP contribution in [0.4, 0.5) is 5.69 Å². The number of rotatable bonds is 8. The van der Waals surface area contributed by atoms with Crippen LogP contribution in [-0.4, -0.2) is 36.7 Å². The molecule has 1 heterocycles. The Labute approximate surface area is 191 Å². The number of benzene rings is 3. The third-order valence-electron chi connectivity index (χ3n) is 4.91. The van der Waals surface area contributed by atoms with Gasteiger partial charge < -0.3 is 24.3 Å².